The van der Waals surface area contributed by atoms with Crippen LogP contribution in [0.3, 0.4) is 0 Å². The van der Waals surface area contributed by atoms with Gasteiger partial charge in [0.1, 0.15) is 17.6 Å². The van der Waals surface area contributed by atoms with Crippen molar-refractivity contribution in [2.45, 2.75) is 0 Å². The van der Waals surface area contributed by atoms with E-state index in [4.69, 9.17) is 9.68 Å². The fraction of sp³-hybridized carbons (Fsp3) is 0. The lowest BCUT2D eigenvalue weighted by Crippen LogP contribution is -2.13. The zero-order valence-corrected chi connectivity index (χ0v) is 9.93. The molecule has 2 aromatic heterocycles. The third kappa shape index (κ3) is 2.15. The Morgan fingerprint density at radius 1 is 1.25 bits per heavy atom. The molecule has 3 rings (SSSR count). The van der Waals surface area contributed by atoms with Crippen LogP contribution in [0.2, 0.25) is 0 Å². The molecule has 0 aliphatic carbocycles. The number of anilines is 2. The van der Waals surface area contributed by atoms with Crippen LogP contribution in [0, 0.1) is 11.3 Å². The van der Waals surface area contributed by atoms with Crippen molar-refractivity contribution in [2.75, 3.05) is 5.32 Å². The molecule has 3 aromatic rings. The molecule has 20 heavy (non-hydrogen) atoms. The van der Waals surface area contributed by atoms with E-state index in [-0.39, 0.29) is 11.5 Å². The molecule has 0 radical (unpaired) electrons. The first-order valence-electron chi connectivity index (χ1n) is 5.55. The quantitative estimate of drug-likeness (QED) is 0.631. The first-order valence-corrected chi connectivity index (χ1v) is 5.55. The van der Waals surface area contributed by atoms with E-state index in [0.29, 0.717) is 16.8 Å². The summed E-state index contributed by atoms with van der Waals surface area (Å²) >= 11 is 0. The van der Waals surface area contributed by atoms with Gasteiger partial charge in [0.05, 0.1) is 5.52 Å². The molecule has 0 saturated carbocycles. The van der Waals surface area contributed by atoms with Crippen molar-refractivity contribution >= 4 is 22.6 Å². The Balaban J connectivity index is 2.00. The molecule has 0 atom stereocenters. The first-order chi connectivity index (χ1) is 9.64. The van der Waals surface area contributed by atoms with Gasteiger partial charge in [-0.05, 0) is 18.2 Å². The molecule has 0 unspecified atom stereocenters. The zero-order chi connectivity index (χ0) is 14.1. The van der Waals surface area contributed by atoms with Crippen molar-refractivity contribution in [3.63, 3.8) is 0 Å². The molecule has 0 amide bonds. The second kappa shape index (κ2) is 4.40. The highest BCUT2D eigenvalue weighted by Gasteiger charge is 2.04. The first kappa shape index (κ1) is 11.7. The predicted molar refractivity (Wildman–Crippen MR) is 69.7 cm³/mol. The molecule has 0 aliphatic heterocycles. The van der Waals surface area contributed by atoms with Crippen molar-refractivity contribution in [3.05, 3.63) is 51.0 Å². The Morgan fingerprint density at radius 3 is 2.90 bits per heavy atom. The van der Waals surface area contributed by atoms with Crippen molar-refractivity contribution in [2.24, 2.45) is 0 Å². The Kier molecular flexibility index (Phi) is 2.58. The van der Waals surface area contributed by atoms with Crippen LogP contribution in [-0.4, -0.2) is 15.0 Å². The topological polar surface area (TPSA) is 128 Å². The molecule has 0 bridgehead atoms. The summed E-state index contributed by atoms with van der Waals surface area (Å²) in [5.74, 6) is -0.311. The SMILES string of the molecule is N#Cc1cc(Nc2ccc3oc(=O)[nH]c3c2)nc(=O)[nH]1. The number of hydrogen-bond donors (Lipinski definition) is 3. The van der Waals surface area contributed by atoms with Crippen LogP contribution < -0.4 is 16.8 Å². The highest BCUT2D eigenvalue weighted by atomic mass is 16.4. The number of H-pyrrole nitrogens is 2. The molecule has 8 heteroatoms. The molecule has 2 heterocycles. The maximum atomic E-state index is 11.3. The highest BCUT2D eigenvalue weighted by molar-refractivity contribution is 5.78. The molecular formula is C12H7N5O3. The van der Waals surface area contributed by atoms with Gasteiger partial charge in [0.25, 0.3) is 0 Å². The Labute approximate surface area is 110 Å². The van der Waals surface area contributed by atoms with Gasteiger partial charge in [0.2, 0.25) is 0 Å². The van der Waals surface area contributed by atoms with E-state index in [1.165, 1.54) is 6.07 Å². The number of nitrogens with zero attached hydrogens (tertiary/aromatic N) is 2. The minimum atomic E-state index is -0.621. The average Bonchev–Trinajstić information content (AvgIpc) is 2.77. The maximum Gasteiger partial charge on any atom is 0.417 e. The van der Waals surface area contributed by atoms with E-state index in [9.17, 15) is 9.59 Å². The normalized spacial score (nSPS) is 10.3. The Bertz CT molecular complexity index is 944. The molecule has 0 spiro atoms. The Morgan fingerprint density at radius 2 is 2.10 bits per heavy atom. The largest absolute Gasteiger partial charge is 0.417 e. The summed E-state index contributed by atoms with van der Waals surface area (Å²) in [4.78, 5) is 30.8. The van der Waals surface area contributed by atoms with Gasteiger partial charge in [0.15, 0.2) is 5.58 Å². The number of aromatic nitrogens is 3. The highest BCUT2D eigenvalue weighted by Crippen LogP contribution is 2.19. The summed E-state index contributed by atoms with van der Waals surface area (Å²) in [6.07, 6.45) is 0. The third-order valence-corrected chi connectivity index (χ3v) is 2.56. The minimum Gasteiger partial charge on any atom is -0.408 e. The molecule has 3 N–H and O–H groups in total. The fourth-order valence-corrected chi connectivity index (χ4v) is 1.76. The van der Waals surface area contributed by atoms with E-state index in [0.717, 1.165) is 0 Å². The van der Waals surface area contributed by atoms with E-state index in [1.807, 2.05) is 6.07 Å². The van der Waals surface area contributed by atoms with Gasteiger partial charge < -0.3 is 9.73 Å². The van der Waals surface area contributed by atoms with Crippen LogP contribution >= 0.6 is 0 Å². The number of benzene rings is 1. The number of hydrogen-bond acceptors (Lipinski definition) is 6. The smallest absolute Gasteiger partial charge is 0.408 e. The predicted octanol–water partition coefficient (Wildman–Crippen LogP) is 0.820. The lowest BCUT2D eigenvalue weighted by Gasteiger charge is -2.04. The van der Waals surface area contributed by atoms with Crippen molar-refractivity contribution in [1.29, 1.82) is 5.26 Å². The zero-order valence-electron chi connectivity index (χ0n) is 9.93. The van der Waals surface area contributed by atoms with Crippen LogP contribution in [-0.2, 0) is 0 Å². The molecule has 98 valence electrons. The monoisotopic (exact) mass is 269 g/mol. The lowest BCUT2D eigenvalue weighted by atomic mass is 10.3. The van der Waals surface area contributed by atoms with E-state index in [1.54, 1.807) is 18.2 Å². The van der Waals surface area contributed by atoms with Crippen LogP contribution in [0.15, 0.2) is 38.3 Å². The Hall–Kier alpha value is -3.34. The number of nitrogens with one attached hydrogen (secondary N) is 3. The lowest BCUT2D eigenvalue weighted by molar-refractivity contribution is 0.555. The summed E-state index contributed by atoms with van der Waals surface area (Å²) in [7, 11) is 0. The third-order valence-electron chi connectivity index (χ3n) is 2.56. The van der Waals surface area contributed by atoms with Gasteiger partial charge in [-0.1, -0.05) is 0 Å². The van der Waals surface area contributed by atoms with Gasteiger partial charge in [-0.15, -0.1) is 0 Å². The average molecular weight is 269 g/mol. The van der Waals surface area contributed by atoms with E-state index < -0.39 is 11.4 Å². The second-order valence-electron chi connectivity index (χ2n) is 3.95. The van der Waals surface area contributed by atoms with Crippen LogP contribution in [0.25, 0.3) is 11.1 Å². The fourth-order valence-electron chi connectivity index (χ4n) is 1.76. The van der Waals surface area contributed by atoms with Crippen LogP contribution in [0.1, 0.15) is 5.69 Å². The molecule has 0 aliphatic rings. The van der Waals surface area contributed by atoms with Crippen molar-refractivity contribution in [1.82, 2.24) is 15.0 Å². The van der Waals surface area contributed by atoms with Crippen molar-refractivity contribution < 1.29 is 4.42 Å². The summed E-state index contributed by atoms with van der Waals surface area (Å²) in [5.41, 5.74) is 1.02. The number of aromatic amines is 2. The van der Waals surface area contributed by atoms with Crippen LogP contribution in [0.4, 0.5) is 11.5 Å². The van der Waals surface area contributed by atoms with Crippen LogP contribution in [0.5, 0.6) is 0 Å². The second-order valence-corrected chi connectivity index (χ2v) is 3.95. The minimum absolute atomic E-state index is 0.102. The van der Waals surface area contributed by atoms with Crippen molar-refractivity contribution in [3.8, 4) is 6.07 Å². The van der Waals surface area contributed by atoms with Gasteiger partial charge in [-0.2, -0.15) is 10.2 Å². The van der Waals surface area contributed by atoms with Gasteiger partial charge in [-0.25, -0.2) is 9.59 Å². The number of rotatable bonds is 2. The van der Waals surface area contributed by atoms with Gasteiger partial charge in [0, 0.05) is 11.8 Å². The molecular weight excluding hydrogens is 262 g/mol. The van der Waals surface area contributed by atoms with Gasteiger partial charge >= 0.3 is 11.4 Å². The van der Waals surface area contributed by atoms with E-state index in [2.05, 4.69) is 20.3 Å². The van der Waals surface area contributed by atoms with Gasteiger partial charge in [-0.3, -0.25) is 9.97 Å². The maximum absolute atomic E-state index is 11.3. The number of nitriles is 1. The van der Waals surface area contributed by atoms with E-state index >= 15 is 0 Å². The molecule has 0 saturated heterocycles. The number of oxazole rings is 1. The molecule has 1 aromatic carbocycles. The molecule has 8 nitrogen and oxygen atoms in total. The standard InChI is InChI=1S/C12H7N5O3/c13-5-7-4-10(17-11(18)15-7)14-6-1-2-9-8(3-6)16-12(19)20-9/h1-4H,(H,16,19)(H2,14,15,17,18). The summed E-state index contributed by atoms with van der Waals surface area (Å²) in [6.45, 7) is 0. The summed E-state index contributed by atoms with van der Waals surface area (Å²) in [6, 6.07) is 8.14. The summed E-state index contributed by atoms with van der Waals surface area (Å²) < 4.78 is 4.88. The number of fused-ring (bicyclic) bond motifs is 1. The summed E-state index contributed by atoms with van der Waals surface area (Å²) in [5, 5.41) is 11.6. The molecule has 0 fully saturated rings.